The molecule has 1 fully saturated rings. The van der Waals surface area contributed by atoms with E-state index in [2.05, 4.69) is 10.6 Å². The number of methoxy groups -OCH3 is 1. The maximum Gasteiger partial charge on any atom is 0.243 e. The van der Waals surface area contributed by atoms with Crippen LogP contribution in [-0.4, -0.2) is 38.3 Å². The zero-order valence-electron chi connectivity index (χ0n) is 8.04. The van der Waals surface area contributed by atoms with Crippen molar-refractivity contribution in [1.82, 2.24) is 10.6 Å². The predicted octanol–water partition coefficient (Wildman–Crippen LogP) is -0.334. The minimum atomic E-state index is -0.0572. The van der Waals surface area contributed by atoms with Crippen molar-refractivity contribution < 1.29 is 9.53 Å². The third-order valence-electron chi connectivity index (χ3n) is 2.11. The molecule has 0 radical (unpaired) electrons. The third kappa shape index (κ3) is 2.82. The van der Waals surface area contributed by atoms with Crippen LogP contribution in [0.5, 0.6) is 0 Å². The number of ether oxygens (including phenoxy) is 1. The maximum absolute atomic E-state index is 11.2. The maximum atomic E-state index is 11.2. The van der Waals surface area contributed by atoms with Crippen molar-refractivity contribution in [3.8, 4) is 0 Å². The highest BCUT2D eigenvalue weighted by Gasteiger charge is 2.27. The fraction of sp³-hybridized carbons (Fsp3) is 0.667. The first-order valence-corrected chi connectivity index (χ1v) is 4.44. The van der Waals surface area contributed by atoms with Gasteiger partial charge in [0.2, 0.25) is 5.91 Å². The van der Waals surface area contributed by atoms with Gasteiger partial charge in [-0.15, -0.1) is 0 Å². The van der Waals surface area contributed by atoms with E-state index in [-0.39, 0.29) is 18.1 Å². The van der Waals surface area contributed by atoms with Crippen LogP contribution in [0, 0.1) is 0 Å². The summed E-state index contributed by atoms with van der Waals surface area (Å²) in [5.74, 6) is -0.0572. The molecule has 4 heteroatoms. The van der Waals surface area contributed by atoms with Crippen LogP contribution in [0.3, 0.4) is 0 Å². The quantitative estimate of drug-likeness (QED) is 0.590. The van der Waals surface area contributed by atoms with E-state index in [0.29, 0.717) is 0 Å². The summed E-state index contributed by atoms with van der Waals surface area (Å²) in [6, 6.07) is 0.0914. The number of hydrogen-bond acceptors (Lipinski definition) is 3. The van der Waals surface area contributed by atoms with Gasteiger partial charge in [-0.05, 0) is 13.0 Å². The van der Waals surface area contributed by atoms with Crippen LogP contribution in [0.25, 0.3) is 0 Å². The summed E-state index contributed by atoms with van der Waals surface area (Å²) in [4.78, 5) is 11.2. The summed E-state index contributed by atoms with van der Waals surface area (Å²) >= 11 is 0. The van der Waals surface area contributed by atoms with E-state index < -0.39 is 0 Å². The second-order valence-electron chi connectivity index (χ2n) is 3.05. The fourth-order valence-electron chi connectivity index (χ4n) is 1.43. The Hall–Kier alpha value is -0.870. The largest absolute Gasteiger partial charge is 0.378 e. The van der Waals surface area contributed by atoms with Crippen molar-refractivity contribution in [2.75, 3.05) is 20.2 Å². The molecule has 1 aliphatic rings. The monoisotopic (exact) mass is 184 g/mol. The molecule has 0 aromatic rings. The Morgan fingerprint density at radius 2 is 2.38 bits per heavy atom. The number of hydrogen-bond donors (Lipinski definition) is 2. The number of rotatable bonds is 3. The average Bonchev–Trinajstić information content (AvgIpc) is 2.52. The highest BCUT2D eigenvalue weighted by atomic mass is 16.5. The van der Waals surface area contributed by atoms with Crippen LogP contribution in [0.15, 0.2) is 12.2 Å². The third-order valence-corrected chi connectivity index (χ3v) is 2.11. The van der Waals surface area contributed by atoms with Gasteiger partial charge in [-0.25, -0.2) is 0 Å². The van der Waals surface area contributed by atoms with E-state index in [1.54, 1.807) is 13.2 Å². The van der Waals surface area contributed by atoms with Crippen LogP contribution in [0.4, 0.5) is 0 Å². The topological polar surface area (TPSA) is 50.4 Å². The normalized spacial score (nSPS) is 28.2. The lowest BCUT2D eigenvalue weighted by Gasteiger charge is -2.17. The molecule has 74 valence electrons. The predicted molar refractivity (Wildman–Crippen MR) is 50.4 cm³/mol. The number of allylic oxidation sites excluding steroid dienone is 1. The molecular weight excluding hydrogens is 168 g/mol. The van der Waals surface area contributed by atoms with Gasteiger partial charge in [0.15, 0.2) is 0 Å². The van der Waals surface area contributed by atoms with Crippen molar-refractivity contribution in [3.63, 3.8) is 0 Å². The molecule has 0 saturated carbocycles. The lowest BCUT2D eigenvalue weighted by atomic mass is 10.2. The first kappa shape index (κ1) is 10.2. The Morgan fingerprint density at radius 1 is 1.62 bits per heavy atom. The van der Waals surface area contributed by atoms with E-state index in [4.69, 9.17) is 4.74 Å². The van der Waals surface area contributed by atoms with Gasteiger partial charge < -0.3 is 15.4 Å². The van der Waals surface area contributed by atoms with E-state index >= 15 is 0 Å². The molecule has 1 unspecified atom stereocenters. The van der Waals surface area contributed by atoms with E-state index in [1.165, 1.54) is 6.08 Å². The molecular formula is C9H16N2O2. The second kappa shape index (κ2) is 4.99. The lowest BCUT2D eigenvalue weighted by molar-refractivity contribution is -0.117. The van der Waals surface area contributed by atoms with Crippen LogP contribution < -0.4 is 10.6 Å². The van der Waals surface area contributed by atoms with Crippen LogP contribution in [0.2, 0.25) is 0 Å². The Balaban J connectivity index is 2.39. The molecule has 1 amide bonds. The Bertz CT molecular complexity index is 204. The van der Waals surface area contributed by atoms with Gasteiger partial charge in [0.05, 0.1) is 12.1 Å². The Kier molecular flexibility index (Phi) is 3.92. The Morgan fingerprint density at radius 3 is 3.00 bits per heavy atom. The van der Waals surface area contributed by atoms with Gasteiger partial charge in [0.1, 0.15) is 0 Å². The average molecular weight is 184 g/mol. The highest BCUT2D eigenvalue weighted by molar-refractivity contribution is 5.87. The van der Waals surface area contributed by atoms with Crippen LogP contribution >= 0.6 is 0 Å². The molecule has 2 atom stereocenters. The molecule has 1 heterocycles. The first-order chi connectivity index (χ1) is 6.27. The molecule has 0 aliphatic carbocycles. The summed E-state index contributed by atoms with van der Waals surface area (Å²) in [6.45, 7) is 3.40. The SMILES string of the molecule is C/C=C/C(=O)NC1CNC[C@@H]1OC. The number of amides is 1. The molecule has 1 aliphatic heterocycles. The van der Waals surface area contributed by atoms with Crippen molar-refractivity contribution in [2.45, 2.75) is 19.1 Å². The summed E-state index contributed by atoms with van der Waals surface area (Å²) < 4.78 is 5.20. The molecule has 4 nitrogen and oxygen atoms in total. The van der Waals surface area contributed by atoms with E-state index in [9.17, 15) is 4.79 Å². The molecule has 1 rings (SSSR count). The minimum Gasteiger partial charge on any atom is -0.378 e. The lowest BCUT2D eigenvalue weighted by Crippen LogP contribution is -2.42. The standard InChI is InChI=1S/C9H16N2O2/c1-3-4-9(12)11-7-5-10-6-8(7)13-2/h3-4,7-8,10H,5-6H2,1-2H3,(H,11,12)/b4-3+/t7?,8-/m0/s1. The smallest absolute Gasteiger partial charge is 0.243 e. The summed E-state index contributed by atoms with van der Waals surface area (Å²) in [5, 5.41) is 6.02. The van der Waals surface area contributed by atoms with Gasteiger partial charge in [0, 0.05) is 20.2 Å². The molecule has 0 aromatic heterocycles. The van der Waals surface area contributed by atoms with Crippen molar-refractivity contribution in [3.05, 3.63) is 12.2 Å². The zero-order chi connectivity index (χ0) is 9.68. The van der Waals surface area contributed by atoms with Crippen LogP contribution in [0.1, 0.15) is 6.92 Å². The van der Waals surface area contributed by atoms with Gasteiger partial charge in [-0.2, -0.15) is 0 Å². The highest BCUT2D eigenvalue weighted by Crippen LogP contribution is 2.03. The van der Waals surface area contributed by atoms with E-state index in [0.717, 1.165) is 13.1 Å². The van der Waals surface area contributed by atoms with E-state index in [1.807, 2.05) is 6.92 Å². The molecule has 0 aromatic carbocycles. The van der Waals surface area contributed by atoms with Gasteiger partial charge in [0.25, 0.3) is 0 Å². The molecule has 13 heavy (non-hydrogen) atoms. The molecule has 2 N–H and O–H groups in total. The molecule has 0 spiro atoms. The zero-order valence-corrected chi connectivity index (χ0v) is 8.04. The molecule has 1 saturated heterocycles. The van der Waals surface area contributed by atoms with Gasteiger partial charge >= 0.3 is 0 Å². The number of nitrogens with one attached hydrogen (secondary N) is 2. The van der Waals surface area contributed by atoms with Crippen molar-refractivity contribution in [2.24, 2.45) is 0 Å². The molecule has 0 bridgehead atoms. The van der Waals surface area contributed by atoms with Gasteiger partial charge in [-0.1, -0.05) is 6.08 Å². The minimum absolute atomic E-state index is 0.0572. The number of carbonyl (C=O) groups is 1. The summed E-state index contributed by atoms with van der Waals surface area (Å²) in [7, 11) is 1.66. The second-order valence-corrected chi connectivity index (χ2v) is 3.05. The first-order valence-electron chi connectivity index (χ1n) is 4.44. The Labute approximate surface area is 78.3 Å². The van der Waals surface area contributed by atoms with Crippen LogP contribution in [-0.2, 0) is 9.53 Å². The summed E-state index contributed by atoms with van der Waals surface area (Å²) in [5.41, 5.74) is 0. The van der Waals surface area contributed by atoms with Gasteiger partial charge in [-0.3, -0.25) is 4.79 Å². The van der Waals surface area contributed by atoms with Crippen molar-refractivity contribution >= 4 is 5.91 Å². The van der Waals surface area contributed by atoms with Crippen molar-refractivity contribution in [1.29, 1.82) is 0 Å². The fourth-order valence-corrected chi connectivity index (χ4v) is 1.43. The summed E-state index contributed by atoms with van der Waals surface area (Å²) in [6.07, 6.45) is 3.33. The number of carbonyl (C=O) groups excluding carboxylic acids is 1.